The monoisotopic (exact) mass is 437 g/mol. The largest absolute Gasteiger partial charge is 0.508 e. The van der Waals surface area contributed by atoms with E-state index >= 15 is 0 Å². The summed E-state index contributed by atoms with van der Waals surface area (Å²) in [5.41, 5.74) is 2.48. The standard InChI is InChI=1S/C25H31N3O4/c1-2-3-6-18-9-11-21(12-10-18)28-17-20(16-23(28)30)25(32)27-14-5-13-26-24(31)19-7-4-8-22(29)15-19/h4,7-12,15,20,29H,2-3,5-6,13-14,16-17H2,1H3,(H,26,31)(H,27,32). The van der Waals surface area contributed by atoms with E-state index in [2.05, 4.69) is 29.7 Å². The Balaban J connectivity index is 1.39. The average Bonchev–Trinajstić information content (AvgIpc) is 3.19. The Labute approximate surface area is 188 Å². The van der Waals surface area contributed by atoms with Gasteiger partial charge in [-0.25, -0.2) is 0 Å². The smallest absolute Gasteiger partial charge is 0.251 e. The van der Waals surface area contributed by atoms with Gasteiger partial charge in [0.15, 0.2) is 0 Å². The number of carbonyl (C=O) groups excluding carboxylic acids is 3. The number of phenols is 1. The van der Waals surface area contributed by atoms with Gasteiger partial charge in [0.25, 0.3) is 5.91 Å². The lowest BCUT2D eigenvalue weighted by Crippen LogP contribution is -2.35. The fourth-order valence-electron chi connectivity index (χ4n) is 3.75. The van der Waals surface area contributed by atoms with Crippen molar-refractivity contribution < 1.29 is 19.5 Å². The number of nitrogens with one attached hydrogen (secondary N) is 2. The highest BCUT2D eigenvalue weighted by Gasteiger charge is 2.34. The molecule has 0 saturated carbocycles. The van der Waals surface area contributed by atoms with Gasteiger partial charge in [-0.2, -0.15) is 0 Å². The number of hydrogen-bond acceptors (Lipinski definition) is 4. The number of hydrogen-bond donors (Lipinski definition) is 3. The van der Waals surface area contributed by atoms with Gasteiger partial charge < -0.3 is 20.6 Å². The fraction of sp³-hybridized carbons (Fsp3) is 0.400. The highest BCUT2D eigenvalue weighted by Crippen LogP contribution is 2.26. The number of phenolic OH excluding ortho intramolecular Hbond substituents is 1. The molecule has 0 bridgehead atoms. The lowest BCUT2D eigenvalue weighted by molar-refractivity contribution is -0.126. The molecule has 1 unspecified atom stereocenters. The van der Waals surface area contributed by atoms with Gasteiger partial charge in [-0.3, -0.25) is 14.4 Å². The van der Waals surface area contributed by atoms with Crippen molar-refractivity contribution in [3.05, 3.63) is 59.7 Å². The molecule has 3 amide bonds. The second-order valence-electron chi connectivity index (χ2n) is 8.13. The van der Waals surface area contributed by atoms with Crippen LogP contribution in [0.2, 0.25) is 0 Å². The molecule has 32 heavy (non-hydrogen) atoms. The number of aromatic hydroxyl groups is 1. The summed E-state index contributed by atoms with van der Waals surface area (Å²) in [7, 11) is 0. The normalized spacial score (nSPS) is 15.6. The zero-order valence-electron chi connectivity index (χ0n) is 18.5. The summed E-state index contributed by atoms with van der Waals surface area (Å²) >= 11 is 0. The van der Waals surface area contributed by atoms with Crippen molar-refractivity contribution in [2.45, 2.75) is 39.0 Å². The molecule has 0 aromatic heterocycles. The molecule has 3 rings (SSSR count). The van der Waals surface area contributed by atoms with Crippen molar-refractivity contribution in [1.29, 1.82) is 0 Å². The second-order valence-corrected chi connectivity index (χ2v) is 8.13. The molecule has 1 aliphatic heterocycles. The molecule has 7 nitrogen and oxygen atoms in total. The molecule has 7 heteroatoms. The van der Waals surface area contributed by atoms with Crippen LogP contribution in [-0.4, -0.2) is 42.5 Å². The molecule has 0 radical (unpaired) electrons. The summed E-state index contributed by atoms with van der Waals surface area (Å²) in [6.45, 7) is 3.35. The number of aryl methyl sites for hydroxylation is 1. The molecule has 2 aromatic rings. The first-order valence-corrected chi connectivity index (χ1v) is 11.2. The van der Waals surface area contributed by atoms with E-state index in [4.69, 9.17) is 0 Å². The van der Waals surface area contributed by atoms with E-state index in [9.17, 15) is 19.5 Å². The van der Waals surface area contributed by atoms with Crippen LogP contribution in [0.15, 0.2) is 48.5 Å². The number of nitrogens with zero attached hydrogens (tertiary/aromatic N) is 1. The summed E-state index contributed by atoms with van der Waals surface area (Å²) in [4.78, 5) is 38.6. The van der Waals surface area contributed by atoms with Crippen LogP contribution in [-0.2, 0) is 16.0 Å². The lowest BCUT2D eigenvalue weighted by atomic mass is 10.1. The predicted octanol–water partition coefficient (Wildman–Crippen LogP) is 3.02. The van der Waals surface area contributed by atoms with Crippen LogP contribution in [0.4, 0.5) is 5.69 Å². The first-order valence-electron chi connectivity index (χ1n) is 11.2. The van der Waals surface area contributed by atoms with Crippen molar-refractivity contribution in [3.8, 4) is 5.75 Å². The van der Waals surface area contributed by atoms with Crippen molar-refractivity contribution >= 4 is 23.4 Å². The number of rotatable bonds is 10. The Bertz CT molecular complexity index is 942. The third-order valence-corrected chi connectivity index (χ3v) is 5.61. The zero-order valence-corrected chi connectivity index (χ0v) is 18.5. The summed E-state index contributed by atoms with van der Waals surface area (Å²) in [5.74, 6) is -0.781. The Morgan fingerprint density at radius 3 is 2.53 bits per heavy atom. The number of carbonyl (C=O) groups is 3. The number of unbranched alkanes of at least 4 members (excludes halogenated alkanes) is 1. The Kier molecular flexibility index (Phi) is 8.25. The minimum absolute atomic E-state index is 0.0372. The van der Waals surface area contributed by atoms with Crippen LogP contribution in [0, 0.1) is 5.92 Å². The maximum Gasteiger partial charge on any atom is 0.251 e. The van der Waals surface area contributed by atoms with Crippen LogP contribution < -0.4 is 15.5 Å². The van der Waals surface area contributed by atoms with Crippen molar-refractivity contribution in [3.63, 3.8) is 0 Å². The highest BCUT2D eigenvalue weighted by molar-refractivity contribution is 6.00. The molecule has 3 N–H and O–H groups in total. The molecular weight excluding hydrogens is 406 g/mol. The van der Waals surface area contributed by atoms with Gasteiger partial charge in [-0.15, -0.1) is 0 Å². The molecule has 1 saturated heterocycles. The Morgan fingerprint density at radius 1 is 1.06 bits per heavy atom. The van der Waals surface area contributed by atoms with Gasteiger partial charge in [-0.1, -0.05) is 31.5 Å². The topological polar surface area (TPSA) is 98.7 Å². The van der Waals surface area contributed by atoms with E-state index in [1.165, 1.54) is 17.7 Å². The maximum absolute atomic E-state index is 12.5. The van der Waals surface area contributed by atoms with Crippen molar-refractivity contribution in [1.82, 2.24) is 10.6 Å². The third kappa shape index (κ3) is 6.33. The zero-order chi connectivity index (χ0) is 22.9. The van der Waals surface area contributed by atoms with Gasteiger partial charge in [-0.05, 0) is 55.2 Å². The molecule has 1 fully saturated rings. The molecule has 2 aromatic carbocycles. The van der Waals surface area contributed by atoms with Crippen LogP contribution in [0.1, 0.15) is 48.5 Å². The van der Waals surface area contributed by atoms with Crippen LogP contribution >= 0.6 is 0 Å². The van der Waals surface area contributed by atoms with E-state index < -0.39 is 0 Å². The fourth-order valence-corrected chi connectivity index (χ4v) is 3.75. The molecule has 1 aliphatic rings. The van der Waals surface area contributed by atoms with Crippen LogP contribution in [0.25, 0.3) is 0 Å². The van der Waals surface area contributed by atoms with Crippen molar-refractivity contribution in [2.75, 3.05) is 24.5 Å². The van der Waals surface area contributed by atoms with Gasteiger partial charge in [0.1, 0.15) is 5.75 Å². The van der Waals surface area contributed by atoms with E-state index in [0.717, 1.165) is 24.9 Å². The first kappa shape index (κ1) is 23.3. The molecule has 0 aliphatic carbocycles. The first-order chi connectivity index (χ1) is 15.5. The van der Waals surface area contributed by atoms with Gasteiger partial charge in [0.05, 0.1) is 5.92 Å². The number of amides is 3. The minimum atomic E-state index is -0.371. The summed E-state index contributed by atoms with van der Waals surface area (Å²) < 4.78 is 0. The quantitative estimate of drug-likeness (QED) is 0.498. The van der Waals surface area contributed by atoms with Gasteiger partial charge in [0, 0.05) is 37.3 Å². The molecular formula is C25H31N3O4. The summed E-state index contributed by atoms with van der Waals surface area (Å²) in [6, 6.07) is 14.2. The average molecular weight is 438 g/mol. The Morgan fingerprint density at radius 2 is 1.81 bits per heavy atom. The summed E-state index contributed by atoms with van der Waals surface area (Å²) in [5, 5.41) is 15.1. The predicted molar refractivity (Wildman–Crippen MR) is 124 cm³/mol. The second kappa shape index (κ2) is 11.3. The summed E-state index contributed by atoms with van der Waals surface area (Å²) in [6.07, 6.45) is 4.10. The third-order valence-electron chi connectivity index (χ3n) is 5.61. The molecule has 1 atom stereocenters. The highest BCUT2D eigenvalue weighted by atomic mass is 16.3. The van der Waals surface area contributed by atoms with E-state index in [1.807, 2.05) is 12.1 Å². The minimum Gasteiger partial charge on any atom is -0.508 e. The van der Waals surface area contributed by atoms with Crippen LogP contribution in [0.5, 0.6) is 5.75 Å². The molecule has 0 spiro atoms. The van der Waals surface area contributed by atoms with Crippen molar-refractivity contribution in [2.24, 2.45) is 5.92 Å². The van der Waals surface area contributed by atoms with Gasteiger partial charge >= 0.3 is 0 Å². The van der Waals surface area contributed by atoms with Crippen LogP contribution in [0.3, 0.4) is 0 Å². The number of anilines is 1. The lowest BCUT2D eigenvalue weighted by Gasteiger charge is -2.17. The SMILES string of the molecule is CCCCc1ccc(N2CC(C(=O)NCCCNC(=O)c3cccc(O)c3)CC2=O)cc1. The molecule has 170 valence electrons. The van der Waals surface area contributed by atoms with Gasteiger partial charge in [0.2, 0.25) is 11.8 Å². The molecule has 1 heterocycles. The number of benzene rings is 2. The van der Waals surface area contributed by atoms with E-state index in [1.54, 1.807) is 17.0 Å². The van der Waals surface area contributed by atoms with E-state index in [0.29, 0.717) is 31.6 Å². The maximum atomic E-state index is 12.5. The van der Waals surface area contributed by atoms with E-state index in [-0.39, 0.29) is 35.8 Å². The Hall–Kier alpha value is -3.35.